The fourth-order valence-electron chi connectivity index (χ4n) is 3.61. The molecule has 0 radical (unpaired) electrons. The van der Waals surface area contributed by atoms with E-state index in [2.05, 4.69) is 4.57 Å². The second-order valence-electron chi connectivity index (χ2n) is 6.34. The zero-order valence-electron chi connectivity index (χ0n) is 14.4. The van der Waals surface area contributed by atoms with Gasteiger partial charge in [-0.1, -0.05) is 66.7 Å². The molecule has 0 aliphatic heterocycles. The Labute approximate surface area is 147 Å². The van der Waals surface area contributed by atoms with E-state index in [9.17, 15) is 5.11 Å². The molecular formula is C22H20N2O. The average Bonchev–Trinajstić information content (AvgIpc) is 2.94. The van der Waals surface area contributed by atoms with Crippen LogP contribution in [0.4, 0.5) is 0 Å². The van der Waals surface area contributed by atoms with Gasteiger partial charge in [-0.3, -0.25) is 0 Å². The number of aryl methyl sites for hydroxylation is 1. The first-order valence-corrected chi connectivity index (χ1v) is 8.41. The number of imidazole rings is 1. The van der Waals surface area contributed by atoms with E-state index < -0.39 is 5.60 Å². The third kappa shape index (κ3) is 2.28. The molecular weight excluding hydrogens is 308 g/mol. The van der Waals surface area contributed by atoms with Crippen LogP contribution in [0.1, 0.15) is 22.5 Å². The Bertz CT molecular complexity index is 981. The summed E-state index contributed by atoms with van der Waals surface area (Å²) in [7, 11) is 2.00. The van der Waals surface area contributed by atoms with Crippen LogP contribution in [0.3, 0.4) is 0 Å². The smallest absolute Gasteiger partial charge is 0.286 e. The van der Waals surface area contributed by atoms with E-state index in [4.69, 9.17) is 0 Å². The Balaban J connectivity index is 2.13. The van der Waals surface area contributed by atoms with Crippen LogP contribution in [0.5, 0.6) is 0 Å². The minimum atomic E-state index is -1.49. The molecule has 0 N–H and O–H groups in total. The first kappa shape index (κ1) is 15.6. The van der Waals surface area contributed by atoms with Crippen molar-refractivity contribution < 1.29 is 9.51 Å². The third-order valence-electron chi connectivity index (χ3n) is 4.96. The molecule has 2 aromatic heterocycles. The lowest BCUT2D eigenvalue weighted by molar-refractivity contribution is -0.568. The largest absolute Gasteiger partial charge is 0.836 e. The van der Waals surface area contributed by atoms with Crippen molar-refractivity contribution in [2.45, 2.75) is 12.5 Å². The maximum Gasteiger partial charge on any atom is 0.286 e. The summed E-state index contributed by atoms with van der Waals surface area (Å²) in [5, 5.41) is 14.5. The van der Waals surface area contributed by atoms with E-state index in [1.807, 2.05) is 103 Å². The van der Waals surface area contributed by atoms with Crippen molar-refractivity contribution >= 4 is 5.65 Å². The highest BCUT2D eigenvalue weighted by Crippen LogP contribution is 2.34. The normalized spacial score (nSPS) is 11.8. The summed E-state index contributed by atoms with van der Waals surface area (Å²) >= 11 is 0. The van der Waals surface area contributed by atoms with Gasteiger partial charge in [-0.15, -0.1) is 0 Å². The van der Waals surface area contributed by atoms with Gasteiger partial charge in [-0.2, -0.15) is 4.40 Å². The van der Waals surface area contributed by atoms with Gasteiger partial charge in [-0.25, -0.2) is 4.57 Å². The Hall–Kier alpha value is -2.91. The number of aromatic nitrogens is 2. The predicted molar refractivity (Wildman–Crippen MR) is 96.1 cm³/mol. The van der Waals surface area contributed by atoms with Crippen LogP contribution in [0.25, 0.3) is 5.65 Å². The number of pyridine rings is 1. The van der Waals surface area contributed by atoms with E-state index in [1.54, 1.807) is 0 Å². The van der Waals surface area contributed by atoms with Gasteiger partial charge in [-0.05, 0) is 17.2 Å². The van der Waals surface area contributed by atoms with Gasteiger partial charge >= 0.3 is 0 Å². The van der Waals surface area contributed by atoms with Crippen molar-refractivity contribution in [3.05, 3.63) is 108 Å². The number of rotatable bonds is 3. The first-order valence-electron chi connectivity index (χ1n) is 8.41. The molecule has 0 amide bonds. The van der Waals surface area contributed by atoms with Gasteiger partial charge in [0.1, 0.15) is 11.4 Å². The molecule has 0 spiro atoms. The second kappa shape index (κ2) is 5.87. The van der Waals surface area contributed by atoms with Crippen molar-refractivity contribution in [1.29, 1.82) is 0 Å². The van der Waals surface area contributed by atoms with E-state index in [0.717, 1.165) is 28.2 Å². The van der Waals surface area contributed by atoms with Gasteiger partial charge in [0.05, 0.1) is 13.2 Å². The zero-order valence-corrected chi connectivity index (χ0v) is 14.4. The summed E-state index contributed by atoms with van der Waals surface area (Å²) in [6, 6.07) is 25.3. The number of fused-ring (bicyclic) bond motifs is 1. The first-order chi connectivity index (χ1) is 12.1. The van der Waals surface area contributed by atoms with E-state index in [1.165, 1.54) is 0 Å². The topological polar surface area (TPSA) is 32.1 Å². The van der Waals surface area contributed by atoms with Crippen molar-refractivity contribution in [3.63, 3.8) is 0 Å². The third-order valence-corrected chi connectivity index (χ3v) is 4.96. The lowest BCUT2D eigenvalue weighted by atomic mass is 9.82. The molecule has 4 aromatic rings. The molecule has 3 heteroatoms. The van der Waals surface area contributed by atoms with E-state index in [0.29, 0.717) is 0 Å². The fraction of sp³-hybridized carbons (Fsp3) is 0.136. The SMILES string of the molecule is Cc1c(C([O-])(c2ccccc2)c2ccccc2)[n+]2ccccc2n1C. The van der Waals surface area contributed by atoms with Crippen molar-refractivity contribution in [1.82, 2.24) is 4.57 Å². The molecule has 0 aliphatic rings. The molecule has 3 nitrogen and oxygen atoms in total. The highest BCUT2D eigenvalue weighted by Gasteiger charge is 2.35. The Kier molecular flexibility index (Phi) is 3.66. The monoisotopic (exact) mass is 328 g/mol. The zero-order chi connectivity index (χ0) is 17.4. The van der Waals surface area contributed by atoms with Gasteiger partial charge in [0.2, 0.25) is 0 Å². The van der Waals surface area contributed by atoms with Crippen LogP contribution in [0.2, 0.25) is 0 Å². The van der Waals surface area contributed by atoms with Gasteiger partial charge in [0, 0.05) is 18.6 Å². The summed E-state index contributed by atoms with van der Waals surface area (Å²) in [5.74, 6) is 0. The summed E-state index contributed by atoms with van der Waals surface area (Å²) in [4.78, 5) is 0. The minimum absolute atomic E-state index is 0.744. The molecule has 0 saturated heterocycles. The second-order valence-corrected chi connectivity index (χ2v) is 6.34. The number of hydrogen-bond acceptors (Lipinski definition) is 1. The highest BCUT2D eigenvalue weighted by atomic mass is 16.3. The summed E-state index contributed by atoms with van der Waals surface area (Å²) in [5.41, 5.74) is 2.72. The molecule has 0 bridgehead atoms. The van der Waals surface area contributed by atoms with Crippen LogP contribution in [-0.2, 0) is 12.6 Å². The fourth-order valence-corrected chi connectivity index (χ4v) is 3.61. The van der Waals surface area contributed by atoms with Crippen LogP contribution < -0.4 is 9.51 Å². The van der Waals surface area contributed by atoms with Gasteiger partial charge in [0.15, 0.2) is 0 Å². The summed E-state index contributed by atoms with van der Waals surface area (Å²) < 4.78 is 4.09. The quantitative estimate of drug-likeness (QED) is 0.532. The number of hydrogen-bond donors (Lipinski definition) is 0. The molecule has 25 heavy (non-hydrogen) atoms. The molecule has 2 heterocycles. The maximum absolute atomic E-state index is 14.5. The molecule has 2 aromatic carbocycles. The van der Waals surface area contributed by atoms with Gasteiger partial charge < -0.3 is 5.11 Å². The Morgan fingerprint density at radius 3 is 1.88 bits per heavy atom. The van der Waals surface area contributed by atoms with Crippen molar-refractivity contribution in [2.75, 3.05) is 0 Å². The lowest BCUT2D eigenvalue weighted by Gasteiger charge is -2.39. The Morgan fingerprint density at radius 2 is 1.32 bits per heavy atom. The molecule has 4 rings (SSSR count). The summed E-state index contributed by atoms with van der Waals surface area (Å²) in [6.07, 6.45) is 1.97. The molecule has 0 aliphatic carbocycles. The molecule has 124 valence electrons. The highest BCUT2D eigenvalue weighted by molar-refractivity contribution is 5.46. The summed E-state index contributed by atoms with van der Waals surface area (Å²) in [6.45, 7) is 2.01. The van der Waals surface area contributed by atoms with E-state index in [-0.39, 0.29) is 0 Å². The minimum Gasteiger partial charge on any atom is -0.836 e. The molecule has 0 saturated carbocycles. The number of benzene rings is 2. The van der Waals surface area contributed by atoms with Gasteiger partial charge in [0.25, 0.3) is 5.65 Å². The van der Waals surface area contributed by atoms with Crippen LogP contribution in [-0.4, -0.2) is 4.57 Å². The van der Waals surface area contributed by atoms with Crippen LogP contribution in [0.15, 0.2) is 85.1 Å². The molecule has 0 atom stereocenters. The predicted octanol–water partition coefficient (Wildman–Crippen LogP) is 2.72. The van der Waals surface area contributed by atoms with Crippen molar-refractivity contribution in [2.24, 2.45) is 7.05 Å². The lowest BCUT2D eigenvalue weighted by Crippen LogP contribution is -2.49. The van der Waals surface area contributed by atoms with Crippen LogP contribution in [0, 0.1) is 6.92 Å². The van der Waals surface area contributed by atoms with Crippen LogP contribution >= 0.6 is 0 Å². The maximum atomic E-state index is 14.5. The van der Waals surface area contributed by atoms with E-state index >= 15 is 0 Å². The Morgan fingerprint density at radius 1 is 0.800 bits per heavy atom. The molecule has 0 fully saturated rings. The molecule has 0 unspecified atom stereocenters. The number of nitrogens with zero attached hydrogens (tertiary/aromatic N) is 2. The standard InChI is InChI=1S/C22H20N2O/c1-17-21(24-16-10-9-15-20(24)23(17)2)22(25,18-11-5-3-6-12-18)19-13-7-4-8-14-19/h3-16H,1-2H3. The van der Waals surface area contributed by atoms with Crippen molar-refractivity contribution in [3.8, 4) is 0 Å². The average molecular weight is 328 g/mol.